The summed E-state index contributed by atoms with van der Waals surface area (Å²) in [6, 6.07) is 0.682. The van der Waals surface area contributed by atoms with Crippen LogP contribution in [0.25, 0.3) is 0 Å². The highest BCUT2D eigenvalue weighted by Gasteiger charge is 2.42. The largest absolute Gasteiger partial charge is 0.374 e. The standard InChI is InChI=1S/C14H26N2O3/c1-15-10-13-11-16(6-7-17-13)12-2-4-14(5-3-12)18-8-9-19-14/h12-13,15H,2-11H2,1H3. The van der Waals surface area contributed by atoms with Crippen LogP contribution in [-0.2, 0) is 14.2 Å². The van der Waals surface area contributed by atoms with E-state index in [0.29, 0.717) is 12.1 Å². The lowest BCUT2D eigenvalue weighted by atomic mass is 9.88. The van der Waals surface area contributed by atoms with E-state index in [2.05, 4.69) is 10.2 Å². The zero-order valence-electron chi connectivity index (χ0n) is 11.9. The molecule has 0 aromatic heterocycles. The molecule has 0 amide bonds. The Morgan fingerprint density at radius 1 is 1.16 bits per heavy atom. The second-order valence-electron chi connectivity index (χ2n) is 5.88. The van der Waals surface area contributed by atoms with E-state index in [0.717, 1.165) is 52.3 Å². The molecule has 5 nitrogen and oxygen atoms in total. The fourth-order valence-electron chi connectivity index (χ4n) is 3.62. The molecule has 19 heavy (non-hydrogen) atoms. The summed E-state index contributed by atoms with van der Waals surface area (Å²) in [5.74, 6) is -0.229. The Balaban J connectivity index is 1.50. The minimum atomic E-state index is -0.229. The third-order valence-electron chi connectivity index (χ3n) is 4.65. The molecule has 3 aliphatic rings. The van der Waals surface area contributed by atoms with Gasteiger partial charge in [-0.25, -0.2) is 0 Å². The quantitative estimate of drug-likeness (QED) is 0.813. The van der Waals surface area contributed by atoms with Crippen molar-refractivity contribution >= 4 is 0 Å². The van der Waals surface area contributed by atoms with Gasteiger partial charge in [0.1, 0.15) is 0 Å². The first-order chi connectivity index (χ1) is 9.31. The van der Waals surface area contributed by atoms with Gasteiger partial charge in [0.05, 0.1) is 25.9 Å². The van der Waals surface area contributed by atoms with Gasteiger partial charge in [-0.05, 0) is 19.9 Å². The highest BCUT2D eigenvalue weighted by Crippen LogP contribution is 2.37. The van der Waals surface area contributed by atoms with Gasteiger partial charge in [0.25, 0.3) is 0 Å². The number of rotatable bonds is 3. The van der Waals surface area contributed by atoms with Crippen molar-refractivity contribution in [1.29, 1.82) is 0 Å². The lowest BCUT2D eigenvalue weighted by Gasteiger charge is -2.43. The first-order valence-corrected chi connectivity index (χ1v) is 7.59. The van der Waals surface area contributed by atoms with Crippen molar-refractivity contribution in [2.24, 2.45) is 0 Å². The first kappa shape index (κ1) is 13.8. The van der Waals surface area contributed by atoms with E-state index in [9.17, 15) is 0 Å². The Bertz CT molecular complexity index is 282. The van der Waals surface area contributed by atoms with Gasteiger partial charge in [-0.2, -0.15) is 0 Å². The molecular formula is C14H26N2O3. The zero-order chi connectivity index (χ0) is 13.1. The first-order valence-electron chi connectivity index (χ1n) is 7.59. The van der Waals surface area contributed by atoms with Crippen LogP contribution in [0.15, 0.2) is 0 Å². The van der Waals surface area contributed by atoms with Crippen molar-refractivity contribution in [3.05, 3.63) is 0 Å². The fourth-order valence-corrected chi connectivity index (χ4v) is 3.62. The predicted molar refractivity (Wildman–Crippen MR) is 72.1 cm³/mol. The second-order valence-corrected chi connectivity index (χ2v) is 5.88. The van der Waals surface area contributed by atoms with Crippen molar-refractivity contribution in [3.63, 3.8) is 0 Å². The molecule has 5 heteroatoms. The molecule has 2 aliphatic heterocycles. The van der Waals surface area contributed by atoms with Gasteiger partial charge < -0.3 is 19.5 Å². The van der Waals surface area contributed by atoms with Crippen molar-refractivity contribution < 1.29 is 14.2 Å². The van der Waals surface area contributed by atoms with E-state index in [1.54, 1.807) is 0 Å². The molecule has 2 saturated heterocycles. The highest BCUT2D eigenvalue weighted by molar-refractivity contribution is 4.88. The number of likely N-dealkylation sites (N-methyl/N-ethyl adjacent to an activating group) is 1. The average molecular weight is 270 g/mol. The number of hydrogen-bond donors (Lipinski definition) is 1. The van der Waals surface area contributed by atoms with Gasteiger partial charge in [0, 0.05) is 38.5 Å². The monoisotopic (exact) mass is 270 g/mol. The summed E-state index contributed by atoms with van der Waals surface area (Å²) in [5, 5.41) is 3.21. The molecule has 3 fully saturated rings. The van der Waals surface area contributed by atoms with Crippen LogP contribution in [0.4, 0.5) is 0 Å². The Labute approximate surface area is 115 Å². The number of hydrogen-bond acceptors (Lipinski definition) is 5. The zero-order valence-corrected chi connectivity index (χ0v) is 11.9. The van der Waals surface area contributed by atoms with Gasteiger partial charge in [-0.3, -0.25) is 4.90 Å². The molecule has 2 heterocycles. The van der Waals surface area contributed by atoms with Gasteiger partial charge in [0.2, 0.25) is 0 Å². The number of nitrogens with zero attached hydrogens (tertiary/aromatic N) is 1. The summed E-state index contributed by atoms with van der Waals surface area (Å²) in [6.45, 7) is 5.47. The van der Waals surface area contributed by atoms with Gasteiger partial charge in [-0.15, -0.1) is 0 Å². The third kappa shape index (κ3) is 3.11. The summed E-state index contributed by atoms with van der Waals surface area (Å²) < 4.78 is 17.4. The van der Waals surface area contributed by atoms with Gasteiger partial charge in [0.15, 0.2) is 5.79 Å². The van der Waals surface area contributed by atoms with E-state index in [1.807, 2.05) is 7.05 Å². The van der Waals surface area contributed by atoms with Gasteiger partial charge in [-0.1, -0.05) is 0 Å². The Morgan fingerprint density at radius 2 is 1.89 bits per heavy atom. The topological polar surface area (TPSA) is 43.0 Å². The lowest BCUT2D eigenvalue weighted by Crippen LogP contribution is -2.52. The van der Waals surface area contributed by atoms with Crippen molar-refractivity contribution in [2.75, 3.05) is 46.5 Å². The van der Waals surface area contributed by atoms with Crippen LogP contribution >= 0.6 is 0 Å². The van der Waals surface area contributed by atoms with E-state index >= 15 is 0 Å². The van der Waals surface area contributed by atoms with Gasteiger partial charge >= 0.3 is 0 Å². The van der Waals surface area contributed by atoms with Crippen LogP contribution in [0.3, 0.4) is 0 Å². The number of nitrogens with one attached hydrogen (secondary N) is 1. The molecular weight excluding hydrogens is 244 g/mol. The molecule has 0 aromatic rings. The summed E-state index contributed by atoms with van der Waals surface area (Å²) in [6.07, 6.45) is 4.81. The molecule has 0 radical (unpaired) electrons. The highest BCUT2D eigenvalue weighted by atomic mass is 16.7. The van der Waals surface area contributed by atoms with Crippen LogP contribution in [-0.4, -0.2) is 69.3 Å². The van der Waals surface area contributed by atoms with Crippen LogP contribution in [0.1, 0.15) is 25.7 Å². The minimum Gasteiger partial charge on any atom is -0.374 e. The van der Waals surface area contributed by atoms with Crippen LogP contribution in [0, 0.1) is 0 Å². The minimum absolute atomic E-state index is 0.229. The third-order valence-corrected chi connectivity index (χ3v) is 4.65. The molecule has 1 unspecified atom stereocenters. The van der Waals surface area contributed by atoms with Crippen molar-refractivity contribution in [3.8, 4) is 0 Å². The molecule has 1 spiro atoms. The normalized spacial score (nSPS) is 33.0. The van der Waals surface area contributed by atoms with Crippen molar-refractivity contribution in [2.45, 2.75) is 43.6 Å². The molecule has 1 aliphatic carbocycles. The fraction of sp³-hybridized carbons (Fsp3) is 1.00. The smallest absolute Gasteiger partial charge is 0.168 e. The molecule has 0 bridgehead atoms. The van der Waals surface area contributed by atoms with Crippen LogP contribution < -0.4 is 5.32 Å². The summed E-state index contributed by atoms with van der Waals surface area (Å²) >= 11 is 0. The number of morpholine rings is 1. The predicted octanol–water partition coefficient (Wildman–Crippen LogP) is 0.592. The summed E-state index contributed by atoms with van der Waals surface area (Å²) in [4.78, 5) is 2.60. The van der Waals surface area contributed by atoms with E-state index in [1.165, 1.54) is 12.8 Å². The molecule has 1 saturated carbocycles. The lowest BCUT2D eigenvalue weighted by molar-refractivity contribution is -0.186. The SMILES string of the molecule is CNCC1CN(C2CCC3(CC2)OCCO3)CCO1. The van der Waals surface area contributed by atoms with Crippen molar-refractivity contribution in [1.82, 2.24) is 10.2 Å². The van der Waals surface area contributed by atoms with E-state index < -0.39 is 0 Å². The Morgan fingerprint density at radius 3 is 2.58 bits per heavy atom. The Hall–Kier alpha value is -0.200. The van der Waals surface area contributed by atoms with Crippen LogP contribution in [0.2, 0.25) is 0 Å². The molecule has 1 atom stereocenters. The van der Waals surface area contributed by atoms with Crippen LogP contribution in [0.5, 0.6) is 0 Å². The summed E-state index contributed by atoms with van der Waals surface area (Å²) in [7, 11) is 1.99. The summed E-state index contributed by atoms with van der Waals surface area (Å²) in [5.41, 5.74) is 0. The Kier molecular flexibility index (Phi) is 4.39. The van der Waals surface area contributed by atoms with E-state index in [4.69, 9.17) is 14.2 Å². The second kappa shape index (κ2) is 6.06. The molecule has 110 valence electrons. The maximum atomic E-state index is 5.80. The molecule has 1 N–H and O–H groups in total. The molecule has 3 rings (SSSR count). The average Bonchev–Trinajstić information content (AvgIpc) is 2.89. The molecule has 0 aromatic carbocycles. The number of ether oxygens (including phenoxy) is 3. The maximum Gasteiger partial charge on any atom is 0.168 e. The maximum absolute atomic E-state index is 5.80. The van der Waals surface area contributed by atoms with E-state index in [-0.39, 0.29) is 5.79 Å².